The monoisotopic (exact) mass is 231 g/mol. The second kappa shape index (κ2) is 4.49. The summed E-state index contributed by atoms with van der Waals surface area (Å²) in [5.41, 5.74) is 8.71. The van der Waals surface area contributed by atoms with Crippen molar-refractivity contribution in [1.82, 2.24) is 0 Å². The molecule has 0 amide bonds. The molecule has 82 valence electrons. The summed E-state index contributed by atoms with van der Waals surface area (Å²) in [6.07, 6.45) is 1.67. The van der Waals surface area contributed by atoms with E-state index in [1.165, 1.54) is 0 Å². The van der Waals surface area contributed by atoms with Crippen LogP contribution >= 0.6 is 0 Å². The van der Waals surface area contributed by atoms with Crippen molar-refractivity contribution >= 4 is 16.5 Å². The van der Waals surface area contributed by atoms with Gasteiger partial charge in [0.2, 0.25) is 0 Å². The number of rotatable bonds is 2. The number of anilines is 1. The van der Waals surface area contributed by atoms with E-state index in [4.69, 9.17) is 5.73 Å². The first-order chi connectivity index (χ1) is 7.68. The molecule has 0 radical (unpaired) electrons. The Kier molecular flexibility index (Phi) is 3.06. The summed E-state index contributed by atoms with van der Waals surface area (Å²) < 4.78 is 11.2. The predicted octanol–water partition coefficient (Wildman–Crippen LogP) is 2.67. The molecule has 16 heavy (non-hydrogen) atoms. The molecule has 0 aliphatic carbocycles. The molecule has 0 bridgehead atoms. The third-order valence-electron chi connectivity index (χ3n) is 2.46. The summed E-state index contributed by atoms with van der Waals surface area (Å²) in [6.45, 7) is 0. The van der Waals surface area contributed by atoms with Crippen LogP contribution in [-0.4, -0.2) is 10.5 Å². The van der Waals surface area contributed by atoms with E-state index in [1.54, 1.807) is 6.26 Å². The van der Waals surface area contributed by atoms with Gasteiger partial charge < -0.3 is 5.73 Å². The van der Waals surface area contributed by atoms with Crippen LogP contribution in [0.1, 0.15) is 0 Å². The van der Waals surface area contributed by atoms with E-state index in [2.05, 4.69) is 0 Å². The Morgan fingerprint density at radius 2 is 1.62 bits per heavy atom. The van der Waals surface area contributed by atoms with Gasteiger partial charge in [-0.25, -0.2) is 0 Å². The van der Waals surface area contributed by atoms with Crippen molar-refractivity contribution in [3.05, 3.63) is 48.5 Å². The van der Waals surface area contributed by atoms with Crippen molar-refractivity contribution in [2.45, 2.75) is 4.90 Å². The summed E-state index contributed by atoms with van der Waals surface area (Å²) in [5.74, 6) is 0. The van der Waals surface area contributed by atoms with E-state index < -0.39 is 10.8 Å². The normalized spacial score (nSPS) is 12.3. The molecule has 0 aliphatic rings. The molecule has 0 fully saturated rings. The molecule has 0 saturated carbocycles. The fourth-order valence-corrected chi connectivity index (χ4v) is 2.11. The number of hydrogen-bond acceptors (Lipinski definition) is 2. The van der Waals surface area contributed by atoms with Gasteiger partial charge in [0.1, 0.15) is 0 Å². The van der Waals surface area contributed by atoms with Crippen molar-refractivity contribution in [1.29, 1.82) is 0 Å². The van der Waals surface area contributed by atoms with Gasteiger partial charge in [-0.1, -0.05) is 30.3 Å². The lowest BCUT2D eigenvalue weighted by molar-refractivity contribution is 0.687. The summed E-state index contributed by atoms with van der Waals surface area (Å²) in [7, 11) is -0.930. The average molecular weight is 231 g/mol. The van der Waals surface area contributed by atoms with Gasteiger partial charge >= 0.3 is 0 Å². The van der Waals surface area contributed by atoms with E-state index in [0.717, 1.165) is 21.7 Å². The van der Waals surface area contributed by atoms with Crippen molar-refractivity contribution in [3.63, 3.8) is 0 Å². The first-order valence-electron chi connectivity index (χ1n) is 4.97. The Bertz CT molecular complexity index is 520. The maximum atomic E-state index is 11.2. The zero-order valence-corrected chi connectivity index (χ0v) is 9.83. The second-order valence-corrected chi connectivity index (χ2v) is 4.95. The lowest BCUT2D eigenvalue weighted by Gasteiger charge is -2.05. The summed E-state index contributed by atoms with van der Waals surface area (Å²) in [4.78, 5) is 0.832. The molecule has 0 spiro atoms. The van der Waals surface area contributed by atoms with Crippen molar-refractivity contribution in [2.75, 3.05) is 12.0 Å². The Morgan fingerprint density at radius 1 is 1.00 bits per heavy atom. The number of nitrogens with two attached hydrogens (primary N) is 1. The molecule has 2 N–H and O–H groups in total. The van der Waals surface area contributed by atoms with Gasteiger partial charge in [-0.3, -0.25) is 4.21 Å². The van der Waals surface area contributed by atoms with Crippen LogP contribution in [0.5, 0.6) is 0 Å². The molecule has 0 saturated heterocycles. The highest BCUT2D eigenvalue weighted by molar-refractivity contribution is 7.84. The predicted molar refractivity (Wildman–Crippen MR) is 68.6 cm³/mol. The van der Waals surface area contributed by atoms with Gasteiger partial charge in [-0.2, -0.15) is 0 Å². The third-order valence-corrected chi connectivity index (χ3v) is 3.39. The van der Waals surface area contributed by atoms with Crippen LogP contribution in [0.3, 0.4) is 0 Å². The lowest BCUT2D eigenvalue weighted by atomic mass is 10.0. The van der Waals surface area contributed by atoms with E-state index in [1.807, 2.05) is 48.5 Å². The minimum atomic E-state index is -0.930. The molecule has 2 aromatic carbocycles. The fourth-order valence-electron chi connectivity index (χ4n) is 1.59. The topological polar surface area (TPSA) is 43.1 Å². The Morgan fingerprint density at radius 3 is 2.19 bits per heavy atom. The minimum Gasteiger partial charge on any atom is -0.398 e. The van der Waals surface area contributed by atoms with Crippen LogP contribution in [0.25, 0.3) is 11.1 Å². The number of para-hydroxylation sites is 1. The smallest absolute Gasteiger partial charge is 0.0498 e. The zero-order valence-electron chi connectivity index (χ0n) is 9.01. The number of benzene rings is 2. The maximum absolute atomic E-state index is 11.2. The van der Waals surface area contributed by atoms with Crippen molar-refractivity contribution < 1.29 is 4.21 Å². The van der Waals surface area contributed by atoms with E-state index in [0.29, 0.717) is 0 Å². The molecular formula is C13H13NOS. The molecule has 2 aromatic rings. The molecular weight excluding hydrogens is 218 g/mol. The molecule has 0 aliphatic heterocycles. The largest absolute Gasteiger partial charge is 0.398 e. The quantitative estimate of drug-likeness (QED) is 0.807. The molecule has 3 heteroatoms. The molecule has 1 atom stereocenters. The van der Waals surface area contributed by atoms with Gasteiger partial charge in [0, 0.05) is 33.2 Å². The van der Waals surface area contributed by atoms with E-state index >= 15 is 0 Å². The maximum Gasteiger partial charge on any atom is 0.0498 e. The first kappa shape index (κ1) is 10.9. The number of hydrogen-bond donors (Lipinski definition) is 1. The van der Waals surface area contributed by atoms with Crippen LogP contribution in [0.2, 0.25) is 0 Å². The van der Waals surface area contributed by atoms with E-state index in [-0.39, 0.29) is 0 Å². The molecule has 2 nitrogen and oxygen atoms in total. The van der Waals surface area contributed by atoms with Crippen LogP contribution in [0.15, 0.2) is 53.4 Å². The van der Waals surface area contributed by atoms with Crippen LogP contribution in [0, 0.1) is 0 Å². The summed E-state index contributed by atoms with van der Waals surface area (Å²) >= 11 is 0. The van der Waals surface area contributed by atoms with Crippen LogP contribution in [-0.2, 0) is 10.8 Å². The number of nitrogen functional groups attached to an aromatic ring is 1. The second-order valence-electron chi connectivity index (χ2n) is 3.57. The summed E-state index contributed by atoms with van der Waals surface area (Å²) in [5, 5.41) is 0. The molecule has 0 heterocycles. The fraction of sp³-hybridized carbons (Fsp3) is 0.0769. The summed E-state index contributed by atoms with van der Waals surface area (Å²) in [6, 6.07) is 15.4. The first-order valence-corrected chi connectivity index (χ1v) is 6.52. The molecule has 1 unspecified atom stereocenters. The standard InChI is InChI=1S/C13H13NOS/c1-16(15)11-8-6-10(7-9-11)12-4-2-3-5-13(12)14/h2-9H,14H2,1H3. The van der Waals surface area contributed by atoms with Gasteiger partial charge in [0.15, 0.2) is 0 Å². The lowest BCUT2D eigenvalue weighted by Crippen LogP contribution is -1.90. The molecule has 2 rings (SSSR count). The van der Waals surface area contributed by atoms with Crippen molar-refractivity contribution in [3.8, 4) is 11.1 Å². The highest BCUT2D eigenvalue weighted by Gasteiger charge is 2.02. The van der Waals surface area contributed by atoms with Gasteiger partial charge in [0.05, 0.1) is 0 Å². The zero-order chi connectivity index (χ0) is 11.5. The Hall–Kier alpha value is -1.61. The molecule has 0 aromatic heterocycles. The SMILES string of the molecule is CS(=O)c1ccc(-c2ccccc2N)cc1. The highest BCUT2D eigenvalue weighted by atomic mass is 32.2. The minimum absolute atomic E-state index is 0.757. The van der Waals surface area contributed by atoms with E-state index in [9.17, 15) is 4.21 Å². The third kappa shape index (κ3) is 2.14. The van der Waals surface area contributed by atoms with Crippen LogP contribution in [0.4, 0.5) is 5.69 Å². The van der Waals surface area contributed by atoms with Crippen LogP contribution < -0.4 is 5.73 Å². The Balaban J connectivity index is 2.43. The van der Waals surface area contributed by atoms with Gasteiger partial charge in [-0.15, -0.1) is 0 Å². The highest BCUT2D eigenvalue weighted by Crippen LogP contribution is 2.25. The average Bonchev–Trinajstić information content (AvgIpc) is 2.30. The van der Waals surface area contributed by atoms with Gasteiger partial charge in [-0.05, 0) is 23.8 Å². The Labute approximate surface area is 97.6 Å². The van der Waals surface area contributed by atoms with Crippen molar-refractivity contribution in [2.24, 2.45) is 0 Å². The van der Waals surface area contributed by atoms with Gasteiger partial charge in [0.25, 0.3) is 0 Å².